The SMILES string of the molecule is CCO[C@@H](C)[C@@H]1CC23C=C[C@]1(OC)[C@H]1Oc4c(O)ccc5c4C12CCN(C)C3C5. The molecule has 7 atom stereocenters. The fourth-order valence-electron chi connectivity index (χ4n) is 8.02. The van der Waals surface area contributed by atoms with Gasteiger partial charge in [-0.1, -0.05) is 18.2 Å². The quantitative estimate of drug-likeness (QED) is 0.792. The van der Waals surface area contributed by atoms with Gasteiger partial charge in [-0.2, -0.15) is 0 Å². The van der Waals surface area contributed by atoms with E-state index in [0.29, 0.717) is 18.4 Å². The van der Waals surface area contributed by atoms with Crippen LogP contribution in [0.2, 0.25) is 0 Å². The van der Waals surface area contributed by atoms with Crippen LogP contribution in [-0.4, -0.2) is 61.2 Å². The Morgan fingerprint density at radius 1 is 1.34 bits per heavy atom. The lowest BCUT2D eigenvalue weighted by molar-refractivity contribution is -0.232. The number of methoxy groups -OCH3 is 1. The van der Waals surface area contributed by atoms with Gasteiger partial charge in [-0.3, -0.25) is 0 Å². The average molecular weight is 398 g/mol. The zero-order valence-corrected chi connectivity index (χ0v) is 17.8. The van der Waals surface area contributed by atoms with Crippen molar-refractivity contribution < 1.29 is 19.3 Å². The number of ether oxygens (including phenoxy) is 3. The van der Waals surface area contributed by atoms with Gasteiger partial charge < -0.3 is 24.2 Å². The first-order valence-corrected chi connectivity index (χ1v) is 11.0. The van der Waals surface area contributed by atoms with Gasteiger partial charge in [0.15, 0.2) is 11.5 Å². The second-order valence-corrected chi connectivity index (χ2v) is 9.77. The van der Waals surface area contributed by atoms with Crippen LogP contribution in [0.3, 0.4) is 0 Å². The van der Waals surface area contributed by atoms with E-state index in [0.717, 1.165) is 25.8 Å². The topological polar surface area (TPSA) is 51.2 Å². The summed E-state index contributed by atoms with van der Waals surface area (Å²) in [6.07, 6.45) is 7.75. The van der Waals surface area contributed by atoms with Crippen LogP contribution in [0.25, 0.3) is 0 Å². The molecular formula is C24H31NO4. The molecule has 1 aromatic rings. The molecule has 5 heteroatoms. The molecule has 0 amide bonds. The van der Waals surface area contributed by atoms with Crippen LogP contribution < -0.4 is 4.74 Å². The average Bonchev–Trinajstić information content (AvgIpc) is 3.09. The van der Waals surface area contributed by atoms with Gasteiger partial charge >= 0.3 is 0 Å². The number of likely N-dealkylation sites (N-methyl/N-ethyl adjacent to an activating group) is 1. The fraction of sp³-hybridized carbons (Fsp3) is 0.667. The van der Waals surface area contributed by atoms with E-state index in [1.165, 1.54) is 11.1 Å². The number of phenolic OH excluding ortho intramolecular Hbond substituents is 1. The van der Waals surface area contributed by atoms with Crippen molar-refractivity contribution in [2.45, 2.75) is 62.4 Å². The first kappa shape index (κ1) is 18.2. The zero-order chi connectivity index (χ0) is 20.2. The summed E-state index contributed by atoms with van der Waals surface area (Å²) < 4.78 is 19.2. The summed E-state index contributed by atoms with van der Waals surface area (Å²) in [7, 11) is 4.08. The Bertz CT molecular complexity index is 914. The molecule has 7 rings (SSSR count). The van der Waals surface area contributed by atoms with Crippen molar-refractivity contribution in [2.75, 3.05) is 27.3 Å². The normalized spacial score (nSPS) is 44.5. The molecule has 6 aliphatic rings. The predicted octanol–water partition coefficient (Wildman–Crippen LogP) is 3.04. The highest BCUT2D eigenvalue weighted by molar-refractivity contribution is 5.65. The molecule has 2 fully saturated rings. The lowest BCUT2D eigenvalue weighted by atomic mass is 9.37. The monoisotopic (exact) mass is 397 g/mol. The molecule has 2 aliphatic heterocycles. The smallest absolute Gasteiger partial charge is 0.165 e. The molecule has 156 valence electrons. The zero-order valence-electron chi connectivity index (χ0n) is 17.8. The summed E-state index contributed by atoms with van der Waals surface area (Å²) in [5, 5.41) is 10.7. The van der Waals surface area contributed by atoms with Gasteiger partial charge in [-0.25, -0.2) is 0 Å². The highest BCUT2D eigenvalue weighted by Crippen LogP contribution is 2.74. The van der Waals surface area contributed by atoms with Gasteiger partial charge in [-0.15, -0.1) is 0 Å². The lowest BCUT2D eigenvalue weighted by Gasteiger charge is -2.71. The molecular weight excluding hydrogens is 366 g/mol. The van der Waals surface area contributed by atoms with Crippen LogP contribution in [0.4, 0.5) is 0 Å². The van der Waals surface area contributed by atoms with Gasteiger partial charge in [0.25, 0.3) is 0 Å². The van der Waals surface area contributed by atoms with E-state index in [2.05, 4.69) is 44.0 Å². The number of fused-ring (bicyclic) bond motifs is 1. The van der Waals surface area contributed by atoms with Crippen molar-refractivity contribution in [3.63, 3.8) is 0 Å². The Balaban J connectivity index is 1.65. The van der Waals surface area contributed by atoms with Crippen LogP contribution in [0.15, 0.2) is 24.3 Å². The maximum atomic E-state index is 10.7. The molecule has 1 saturated heterocycles. The summed E-state index contributed by atoms with van der Waals surface area (Å²) >= 11 is 0. The van der Waals surface area contributed by atoms with Gasteiger partial charge in [-0.05, 0) is 58.3 Å². The minimum absolute atomic E-state index is 0.0208. The van der Waals surface area contributed by atoms with Gasteiger partial charge in [0.2, 0.25) is 0 Å². The van der Waals surface area contributed by atoms with E-state index in [4.69, 9.17) is 14.2 Å². The minimum Gasteiger partial charge on any atom is -0.504 e. The number of piperidine rings is 1. The molecule has 3 unspecified atom stereocenters. The molecule has 1 aromatic carbocycles. The number of likely N-dealkylation sites (tertiary alicyclic amines) is 1. The number of nitrogens with zero attached hydrogens (tertiary/aromatic N) is 1. The summed E-state index contributed by atoms with van der Waals surface area (Å²) in [6, 6.07) is 4.35. The Morgan fingerprint density at radius 3 is 2.93 bits per heavy atom. The largest absolute Gasteiger partial charge is 0.504 e. The fourth-order valence-corrected chi connectivity index (χ4v) is 8.02. The van der Waals surface area contributed by atoms with E-state index in [1.54, 1.807) is 0 Å². The van der Waals surface area contributed by atoms with E-state index in [1.807, 2.05) is 13.2 Å². The molecule has 1 N–H and O–H groups in total. The van der Waals surface area contributed by atoms with Gasteiger partial charge in [0.05, 0.1) is 11.5 Å². The Kier molecular flexibility index (Phi) is 3.50. The van der Waals surface area contributed by atoms with E-state index in [-0.39, 0.29) is 34.7 Å². The van der Waals surface area contributed by atoms with Crippen molar-refractivity contribution in [2.24, 2.45) is 11.3 Å². The molecule has 4 bridgehead atoms. The molecule has 29 heavy (non-hydrogen) atoms. The van der Waals surface area contributed by atoms with Crippen LogP contribution in [-0.2, 0) is 21.3 Å². The Hall–Kier alpha value is -1.56. The summed E-state index contributed by atoms with van der Waals surface area (Å²) in [6.45, 7) is 5.97. The summed E-state index contributed by atoms with van der Waals surface area (Å²) in [5.74, 6) is 1.18. The first-order chi connectivity index (χ1) is 13.9. The number of aromatic hydroxyl groups is 1. The molecule has 4 aliphatic carbocycles. The maximum absolute atomic E-state index is 10.7. The molecule has 1 saturated carbocycles. The summed E-state index contributed by atoms with van der Waals surface area (Å²) in [5.41, 5.74) is 1.90. The third-order valence-electron chi connectivity index (χ3n) is 9.12. The van der Waals surface area contributed by atoms with Crippen LogP contribution >= 0.6 is 0 Å². The highest BCUT2D eigenvalue weighted by atomic mass is 16.6. The molecule has 2 heterocycles. The first-order valence-electron chi connectivity index (χ1n) is 11.0. The predicted molar refractivity (Wildman–Crippen MR) is 109 cm³/mol. The number of benzene rings is 1. The third kappa shape index (κ3) is 1.77. The Labute approximate surface area is 172 Å². The van der Waals surface area contributed by atoms with Crippen molar-refractivity contribution in [1.29, 1.82) is 0 Å². The number of hydrogen-bond donors (Lipinski definition) is 1. The summed E-state index contributed by atoms with van der Waals surface area (Å²) in [4.78, 5) is 2.55. The van der Waals surface area contributed by atoms with E-state index < -0.39 is 5.60 Å². The van der Waals surface area contributed by atoms with Crippen LogP contribution in [0.5, 0.6) is 11.5 Å². The van der Waals surface area contributed by atoms with Gasteiger partial charge in [0.1, 0.15) is 11.7 Å². The molecule has 2 spiro atoms. The number of hydrogen-bond acceptors (Lipinski definition) is 5. The standard InChI is InChI=1S/C24H31NO4/c1-5-28-14(2)16-13-22-8-9-24(16,27-4)21-23(22)10-11-25(3)18(22)12-15-6-7-17(26)20(29-21)19(15)23/h6-9,14,16,18,21,26H,5,10-13H2,1-4H3/t14-,16-,18?,21-,22?,23?,24+/m0/s1. The van der Waals surface area contributed by atoms with Crippen molar-refractivity contribution >= 4 is 0 Å². The molecule has 0 aromatic heterocycles. The van der Waals surface area contributed by atoms with Crippen LogP contribution in [0, 0.1) is 11.3 Å². The van der Waals surface area contributed by atoms with Crippen molar-refractivity contribution in [3.05, 3.63) is 35.4 Å². The number of rotatable bonds is 4. The molecule has 0 radical (unpaired) electrons. The van der Waals surface area contributed by atoms with E-state index >= 15 is 0 Å². The Morgan fingerprint density at radius 2 is 2.17 bits per heavy atom. The van der Waals surface area contributed by atoms with Crippen molar-refractivity contribution in [1.82, 2.24) is 4.90 Å². The molecule has 5 nitrogen and oxygen atoms in total. The lowest BCUT2D eigenvalue weighted by Crippen LogP contribution is -2.79. The highest BCUT2D eigenvalue weighted by Gasteiger charge is 2.79. The van der Waals surface area contributed by atoms with Crippen LogP contribution in [0.1, 0.15) is 37.8 Å². The van der Waals surface area contributed by atoms with Crippen molar-refractivity contribution in [3.8, 4) is 11.5 Å². The minimum atomic E-state index is -0.545. The third-order valence-corrected chi connectivity index (χ3v) is 9.12. The van der Waals surface area contributed by atoms with Gasteiger partial charge in [0, 0.05) is 36.7 Å². The second-order valence-electron chi connectivity index (χ2n) is 9.77. The van der Waals surface area contributed by atoms with E-state index in [9.17, 15) is 5.11 Å². The second kappa shape index (κ2) is 5.57. The maximum Gasteiger partial charge on any atom is 0.165 e. The number of phenols is 1.